The number of amides is 1. The first kappa shape index (κ1) is 11.1. The largest absolute Gasteiger partial charge is 0.324 e. The topological polar surface area (TPSA) is 98.3 Å². The first-order valence-electron chi connectivity index (χ1n) is 4.30. The van der Waals surface area contributed by atoms with Crippen molar-refractivity contribution in [3.05, 3.63) is 33.9 Å². The number of nitro benzene ring substituents is 1. The third-order valence-electron chi connectivity index (χ3n) is 1.96. The van der Waals surface area contributed by atoms with Gasteiger partial charge in [-0.1, -0.05) is 6.07 Å². The van der Waals surface area contributed by atoms with Gasteiger partial charge in [-0.15, -0.1) is 0 Å². The van der Waals surface area contributed by atoms with Crippen LogP contribution in [0.4, 0.5) is 11.4 Å². The summed E-state index contributed by atoms with van der Waals surface area (Å²) in [6.45, 7) is 1.42. The molecule has 0 saturated carbocycles. The molecular formula is C9H11N3O3. The number of anilines is 1. The number of rotatable bonds is 3. The Morgan fingerprint density at radius 1 is 1.60 bits per heavy atom. The van der Waals surface area contributed by atoms with Gasteiger partial charge in [-0.3, -0.25) is 14.9 Å². The van der Waals surface area contributed by atoms with E-state index >= 15 is 0 Å². The third-order valence-corrected chi connectivity index (χ3v) is 1.96. The molecule has 0 unspecified atom stereocenters. The molecule has 0 saturated heterocycles. The van der Waals surface area contributed by atoms with Crippen molar-refractivity contribution in [3.63, 3.8) is 0 Å². The number of nitrogens with two attached hydrogens (primary N) is 1. The zero-order chi connectivity index (χ0) is 11.4. The standard InChI is InChI=1S/C9H11N3O3/c1-6-7(11-9(13)5-10)3-2-4-8(6)12(14)15/h2-4H,5,10H2,1H3,(H,11,13). The van der Waals surface area contributed by atoms with Crippen molar-refractivity contribution in [1.82, 2.24) is 0 Å². The minimum Gasteiger partial charge on any atom is -0.324 e. The third kappa shape index (κ3) is 2.50. The van der Waals surface area contributed by atoms with Crippen LogP contribution in [0.3, 0.4) is 0 Å². The van der Waals surface area contributed by atoms with Crippen molar-refractivity contribution < 1.29 is 9.72 Å². The lowest BCUT2D eigenvalue weighted by atomic mass is 10.1. The van der Waals surface area contributed by atoms with E-state index in [0.29, 0.717) is 11.3 Å². The van der Waals surface area contributed by atoms with Crippen molar-refractivity contribution in [3.8, 4) is 0 Å². The van der Waals surface area contributed by atoms with Gasteiger partial charge in [0.1, 0.15) is 0 Å². The maximum Gasteiger partial charge on any atom is 0.274 e. The zero-order valence-corrected chi connectivity index (χ0v) is 8.19. The molecule has 0 radical (unpaired) electrons. The van der Waals surface area contributed by atoms with Crippen LogP contribution in [0.2, 0.25) is 0 Å². The van der Waals surface area contributed by atoms with Gasteiger partial charge in [-0.2, -0.15) is 0 Å². The summed E-state index contributed by atoms with van der Waals surface area (Å²) in [5, 5.41) is 13.1. The van der Waals surface area contributed by atoms with Crippen LogP contribution in [0.25, 0.3) is 0 Å². The molecular weight excluding hydrogens is 198 g/mol. The fraction of sp³-hybridized carbons (Fsp3) is 0.222. The van der Waals surface area contributed by atoms with Crippen LogP contribution in [0.5, 0.6) is 0 Å². The maximum atomic E-state index is 11.0. The number of nitrogens with one attached hydrogen (secondary N) is 1. The average Bonchev–Trinajstić information content (AvgIpc) is 2.20. The molecule has 0 aliphatic rings. The van der Waals surface area contributed by atoms with Gasteiger partial charge in [-0.05, 0) is 13.0 Å². The van der Waals surface area contributed by atoms with Crippen molar-refractivity contribution in [2.75, 3.05) is 11.9 Å². The molecule has 0 aromatic heterocycles. The predicted octanol–water partition coefficient (Wildman–Crippen LogP) is 0.800. The van der Waals surface area contributed by atoms with E-state index in [2.05, 4.69) is 5.32 Å². The molecule has 3 N–H and O–H groups in total. The number of nitrogens with zero attached hydrogens (tertiary/aromatic N) is 1. The van der Waals surface area contributed by atoms with E-state index in [1.807, 2.05) is 0 Å². The van der Waals surface area contributed by atoms with E-state index in [1.54, 1.807) is 13.0 Å². The Kier molecular flexibility index (Phi) is 3.35. The molecule has 0 atom stereocenters. The molecule has 1 rings (SSSR count). The first-order chi connectivity index (χ1) is 7.06. The monoisotopic (exact) mass is 209 g/mol. The van der Waals surface area contributed by atoms with E-state index in [4.69, 9.17) is 5.73 Å². The van der Waals surface area contributed by atoms with Crippen molar-refractivity contribution >= 4 is 17.3 Å². The van der Waals surface area contributed by atoms with Crippen LogP contribution >= 0.6 is 0 Å². The van der Waals surface area contributed by atoms with Gasteiger partial charge in [0.2, 0.25) is 5.91 Å². The number of carbonyl (C=O) groups excluding carboxylic acids is 1. The van der Waals surface area contributed by atoms with E-state index < -0.39 is 4.92 Å². The number of hydrogen-bond donors (Lipinski definition) is 2. The predicted molar refractivity (Wildman–Crippen MR) is 55.5 cm³/mol. The fourth-order valence-corrected chi connectivity index (χ4v) is 1.16. The second kappa shape index (κ2) is 4.52. The summed E-state index contributed by atoms with van der Waals surface area (Å²) in [6.07, 6.45) is 0. The Morgan fingerprint density at radius 2 is 2.27 bits per heavy atom. The summed E-state index contributed by atoms with van der Waals surface area (Å²) < 4.78 is 0. The lowest BCUT2D eigenvalue weighted by Crippen LogP contribution is -2.22. The van der Waals surface area contributed by atoms with Gasteiger partial charge in [-0.25, -0.2) is 0 Å². The van der Waals surface area contributed by atoms with E-state index in [9.17, 15) is 14.9 Å². The molecule has 1 aromatic rings. The minimum atomic E-state index is -0.493. The van der Waals surface area contributed by atoms with Crippen LogP contribution in [-0.2, 0) is 4.79 Å². The Labute approximate surface area is 86.2 Å². The second-order valence-electron chi connectivity index (χ2n) is 2.96. The Bertz CT molecular complexity index is 404. The molecule has 0 spiro atoms. The number of carbonyl (C=O) groups is 1. The minimum absolute atomic E-state index is 0.0233. The molecule has 0 heterocycles. The molecule has 0 fully saturated rings. The highest BCUT2D eigenvalue weighted by Crippen LogP contribution is 2.24. The molecule has 1 amide bonds. The highest BCUT2D eigenvalue weighted by atomic mass is 16.6. The maximum absolute atomic E-state index is 11.0. The number of hydrogen-bond acceptors (Lipinski definition) is 4. The summed E-state index contributed by atoms with van der Waals surface area (Å²) in [4.78, 5) is 21.1. The molecule has 1 aromatic carbocycles. The second-order valence-corrected chi connectivity index (χ2v) is 2.96. The zero-order valence-electron chi connectivity index (χ0n) is 8.19. The van der Waals surface area contributed by atoms with E-state index in [0.717, 1.165) is 0 Å². The summed E-state index contributed by atoms with van der Waals surface area (Å²) in [6, 6.07) is 4.49. The van der Waals surface area contributed by atoms with Crippen LogP contribution < -0.4 is 11.1 Å². The van der Waals surface area contributed by atoms with Crippen molar-refractivity contribution in [1.29, 1.82) is 0 Å². The molecule has 0 aliphatic carbocycles. The average molecular weight is 209 g/mol. The molecule has 0 aliphatic heterocycles. The van der Waals surface area contributed by atoms with Gasteiger partial charge >= 0.3 is 0 Å². The van der Waals surface area contributed by atoms with E-state index in [-0.39, 0.29) is 18.1 Å². The quantitative estimate of drug-likeness (QED) is 0.568. The Morgan fingerprint density at radius 3 is 2.80 bits per heavy atom. The van der Waals surface area contributed by atoms with Gasteiger partial charge in [0.05, 0.1) is 22.7 Å². The number of benzene rings is 1. The number of nitro groups is 1. The first-order valence-corrected chi connectivity index (χ1v) is 4.30. The normalized spacial score (nSPS) is 9.73. The molecule has 6 heteroatoms. The Hall–Kier alpha value is -1.95. The summed E-state index contributed by atoms with van der Waals surface area (Å²) in [5.41, 5.74) is 5.94. The molecule has 15 heavy (non-hydrogen) atoms. The van der Waals surface area contributed by atoms with Gasteiger partial charge < -0.3 is 11.1 Å². The lowest BCUT2D eigenvalue weighted by Gasteiger charge is -2.06. The van der Waals surface area contributed by atoms with Crippen LogP contribution in [0.15, 0.2) is 18.2 Å². The summed E-state index contributed by atoms with van der Waals surface area (Å²) in [5.74, 6) is -0.376. The van der Waals surface area contributed by atoms with Crippen LogP contribution in [0.1, 0.15) is 5.56 Å². The van der Waals surface area contributed by atoms with Crippen LogP contribution in [0, 0.1) is 17.0 Å². The molecule has 6 nitrogen and oxygen atoms in total. The molecule has 80 valence electrons. The Balaban J connectivity index is 3.04. The SMILES string of the molecule is Cc1c(NC(=O)CN)cccc1[N+](=O)[O-]. The van der Waals surface area contributed by atoms with Gasteiger partial charge in [0, 0.05) is 6.07 Å². The smallest absolute Gasteiger partial charge is 0.274 e. The van der Waals surface area contributed by atoms with Crippen LogP contribution in [-0.4, -0.2) is 17.4 Å². The van der Waals surface area contributed by atoms with E-state index in [1.165, 1.54) is 12.1 Å². The van der Waals surface area contributed by atoms with Gasteiger partial charge in [0.15, 0.2) is 0 Å². The molecule has 0 bridgehead atoms. The summed E-state index contributed by atoms with van der Waals surface area (Å²) in [7, 11) is 0. The highest BCUT2D eigenvalue weighted by molar-refractivity contribution is 5.93. The summed E-state index contributed by atoms with van der Waals surface area (Å²) >= 11 is 0. The van der Waals surface area contributed by atoms with Gasteiger partial charge in [0.25, 0.3) is 5.69 Å². The highest BCUT2D eigenvalue weighted by Gasteiger charge is 2.13. The van der Waals surface area contributed by atoms with Crippen molar-refractivity contribution in [2.24, 2.45) is 5.73 Å². The lowest BCUT2D eigenvalue weighted by molar-refractivity contribution is -0.385. The fourth-order valence-electron chi connectivity index (χ4n) is 1.16. The van der Waals surface area contributed by atoms with Crippen molar-refractivity contribution in [2.45, 2.75) is 6.92 Å².